The zero-order valence-electron chi connectivity index (χ0n) is 18.4. The molecule has 2 N–H and O–H groups in total. The molecule has 0 saturated carbocycles. The number of aromatic nitrogens is 1. The second-order valence-corrected chi connectivity index (χ2v) is 8.58. The van der Waals surface area contributed by atoms with Crippen LogP contribution in [0.2, 0.25) is 0 Å². The van der Waals surface area contributed by atoms with Crippen LogP contribution in [0.4, 0.5) is 4.39 Å². The maximum absolute atomic E-state index is 13.5. The summed E-state index contributed by atoms with van der Waals surface area (Å²) in [7, 11) is 0. The predicted octanol–water partition coefficient (Wildman–Crippen LogP) is 4.34. The van der Waals surface area contributed by atoms with Gasteiger partial charge >= 0.3 is 5.63 Å². The number of carbonyl (C=O) groups is 1. The number of aryl methyl sites for hydroxylation is 2. The summed E-state index contributed by atoms with van der Waals surface area (Å²) >= 11 is 0. The average Bonchev–Trinajstić information content (AvgIpc) is 3.19. The molecule has 1 aliphatic rings. The summed E-state index contributed by atoms with van der Waals surface area (Å²) in [6, 6.07) is 8.33. The third-order valence-electron chi connectivity index (χ3n) is 6.23. The van der Waals surface area contributed by atoms with E-state index in [2.05, 4.69) is 10.3 Å². The fourth-order valence-corrected chi connectivity index (χ4v) is 4.67. The highest BCUT2D eigenvalue weighted by Gasteiger charge is 2.21. The van der Waals surface area contributed by atoms with Crippen LogP contribution in [0.3, 0.4) is 0 Å². The molecule has 0 bridgehead atoms. The van der Waals surface area contributed by atoms with Gasteiger partial charge in [0.25, 0.3) is 5.91 Å². The number of halogens is 1. The average molecular weight is 448 g/mol. The highest BCUT2D eigenvalue weighted by molar-refractivity contribution is 5.89. The number of rotatable bonds is 6. The van der Waals surface area contributed by atoms with Crippen LogP contribution < -0.4 is 15.7 Å². The number of aromatic amines is 1. The van der Waals surface area contributed by atoms with Crippen LogP contribution in [0.5, 0.6) is 5.75 Å². The van der Waals surface area contributed by atoms with Gasteiger partial charge in [-0.15, -0.1) is 0 Å². The Morgan fingerprint density at radius 2 is 2.00 bits per heavy atom. The molecule has 5 rings (SSSR count). The van der Waals surface area contributed by atoms with Gasteiger partial charge in [0.05, 0.1) is 5.39 Å². The molecule has 1 aliphatic carbocycles. The van der Waals surface area contributed by atoms with Crippen LogP contribution in [-0.2, 0) is 24.1 Å². The predicted molar refractivity (Wildman–Crippen MR) is 124 cm³/mol. The Morgan fingerprint density at radius 3 is 2.85 bits per heavy atom. The van der Waals surface area contributed by atoms with E-state index in [1.165, 1.54) is 12.1 Å². The Balaban J connectivity index is 1.28. The van der Waals surface area contributed by atoms with Crippen molar-refractivity contribution in [2.45, 2.75) is 39.0 Å². The van der Waals surface area contributed by atoms with Gasteiger partial charge in [-0.1, -0.05) is 0 Å². The van der Waals surface area contributed by atoms with Gasteiger partial charge in [0.15, 0.2) is 6.61 Å². The van der Waals surface area contributed by atoms with Crippen molar-refractivity contribution in [3.63, 3.8) is 0 Å². The first-order chi connectivity index (χ1) is 16.0. The SMILES string of the molecule is Cc1cc(OCC(=O)NCCc2c[nH]c3ccc(F)cc23)c2c3c(c(=O)oc2c1)CCCC3. The molecule has 2 heterocycles. The molecule has 1 amide bonds. The van der Waals surface area contributed by atoms with E-state index in [1.54, 1.807) is 6.07 Å². The Morgan fingerprint density at radius 1 is 1.18 bits per heavy atom. The number of carbonyl (C=O) groups excluding carboxylic acids is 1. The maximum atomic E-state index is 13.5. The number of fused-ring (bicyclic) bond motifs is 4. The van der Waals surface area contributed by atoms with Gasteiger partial charge in [-0.05, 0) is 86.1 Å². The summed E-state index contributed by atoms with van der Waals surface area (Å²) in [5.41, 5.74) is 4.63. The number of nitrogens with one attached hydrogen (secondary N) is 2. The molecule has 0 radical (unpaired) electrons. The van der Waals surface area contributed by atoms with E-state index in [0.717, 1.165) is 57.8 Å². The molecule has 0 unspecified atom stereocenters. The van der Waals surface area contributed by atoms with Gasteiger partial charge in [-0.25, -0.2) is 9.18 Å². The fraction of sp³-hybridized carbons (Fsp3) is 0.308. The zero-order chi connectivity index (χ0) is 22.9. The molecule has 6 nitrogen and oxygen atoms in total. The van der Waals surface area contributed by atoms with E-state index in [0.29, 0.717) is 30.7 Å². The van der Waals surface area contributed by atoms with Crippen LogP contribution >= 0.6 is 0 Å². The summed E-state index contributed by atoms with van der Waals surface area (Å²) in [4.78, 5) is 28.0. The molecule has 2 aromatic heterocycles. The van der Waals surface area contributed by atoms with Crippen molar-refractivity contribution in [2.75, 3.05) is 13.2 Å². The molecular weight excluding hydrogens is 423 g/mol. The number of ether oxygens (including phenoxy) is 1. The van der Waals surface area contributed by atoms with E-state index in [1.807, 2.05) is 25.3 Å². The van der Waals surface area contributed by atoms with Crippen LogP contribution in [0.1, 0.15) is 35.1 Å². The molecule has 170 valence electrons. The number of hydrogen-bond donors (Lipinski definition) is 2. The van der Waals surface area contributed by atoms with E-state index in [-0.39, 0.29) is 24.0 Å². The minimum absolute atomic E-state index is 0.144. The van der Waals surface area contributed by atoms with Crippen molar-refractivity contribution in [2.24, 2.45) is 0 Å². The summed E-state index contributed by atoms with van der Waals surface area (Å²) in [6.07, 6.45) is 5.89. The molecule has 0 spiro atoms. The van der Waals surface area contributed by atoms with Crippen molar-refractivity contribution < 1.29 is 18.3 Å². The minimum atomic E-state index is -0.288. The van der Waals surface area contributed by atoms with Gasteiger partial charge < -0.3 is 19.5 Å². The lowest BCUT2D eigenvalue weighted by Gasteiger charge is -2.18. The first-order valence-electron chi connectivity index (χ1n) is 11.2. The van der Waals surface area contributed by atoms with Crippen molar-refractivity contribution >= 4 is 27.8 Å². The van der Waals surface area contributed by atoms with E-state index in [9.17, 15) is 14.0 Å². The Bertz CT molecular complexity index is 1420. The number of H-pyrrole nitrogens is 1. The third kappa shape index (κ3) is 4.23. The highest BCUT2D eigenvalue weighted by Crippen LogP contribution is 2.34. The number of amides is 1. The van der Waals surface area contributed by atoms with Gasteiger partial charge in [0, 0.05) is 29.2 Å². The fourth-order valence-electron chi connectivity index (χ4n) is 4.67. The van der Waals surface area contributed by atoms with E-state index in [4.69, 9.17) is 9.15 Å². The molecule has 0 fully saturated rings. The van der Waals surface area contributed by atoms with Crippen molar-refractivity contribution in [1.29, 1.82) is 0 Å². The van der Waals surface area contributed by atoms with Crippen molar-refractivity contribution in [3.05, 3.63) is 75.0 Å². The first-order valence-corrected chi connectivity index (χ1v) is 11.2. The molecule has 4 aromatic rings. The summed E-state index contributed by atoms with van der Waals surface area (Å²) in [6.45, 7) is 2.16. The number of benzene rings is 2. The Kier molecular flexibility index (Phi) is 5.62. The summed E-state index contributed by atoms with van der Waals surface area (Å²) in [5.74, 6) is 0.0280. The van der Waals surface area contributed by atoms with Crippen LogP contribution in [0.15, 0.2) is 45.7 Å². The quantitative estimate of drug-likeness (QED) is 0.430. The van der Waals surface area contributed by atoms with Crippen molar-refractivity contribution in [3.8, 4) is 5.75 Å². The first kappa shape index (κ1) is 21.2. The van der Waals surface area contributed by atoms with E-state index < -0.39 is 0 Å². The molecule has 33 heavy (non-hydrogen) atoms. The zero-order valence-corrected chi connectivity index (χ0v) is 18.4. The highest BCUT2D eigenvalue weighted by atomic mass is 19.1. The molecule has 2 aromatic carbocycles. The van der Waals surface area contributed by atoms with Gasteiger partial charge in [-0.2, -0.15) is 0 Å². The smallest absolute Gasteiger partial charge is 0.339 e. The van der Waals surface area contributed by atoms with Gasteiger partial charge in [0.2, 0.25) is 0 Å². The molecule has 0 atom stereocenters. The van der Waals surface area contributed by atoms with Gasteiger partial charge in [0.1, 0.15) is 17.1 Å². The van der Waals surface area contributed by atoms with Crippen molar-refractivity contribution in [1.82, 2.24) is 10.3 Å². The van der Waals surface area contributed by atoms with Crippen LogP contribution in [0.25, 0.3) is 21.9 Å². The largest absolute Gasteiger partial charge is 0.483 e. The summed E-state index contributed by atoms with van der Waals surface area (Å²) in [5, 5.41) is 4.47. The number of hydrogen-bond acceptors (Lipinski definition) is 4. The Hall–Kier alpha value is -3.61. The maximum Gasteiger partial charge on any atom is 0.339 e. The van der Waals surface area contributed by atoms with Crippen LogP contribution in [0, 0.1) is 12.7 Å². The standard InChI is InChI=1S/C26H25FN2O4/c1-15-10-22(25-18-4-2-3-5-19(18)26(31)33-23(25)11-15)32-14-24(30)28-9-8-16-13-29-21-7-6-17(27)12-20(16)21/h6-7,10-13,29H,2-5,8-9,14H2,1H3,(H,28,30). The molecule has 0 saturated heterocycles. The third-order valence-corrected chi connectivity index (χ3v) is 6.23. The monoisotopic (exact) mass is 448 g/mol. The normalized spacial score (nSPS) is 13.3. The lowest BCUT2D eigenvalue weighted by atomic mass is 9.90. The molecule has 0 aliphatic heterocycles. The second kappa shape index (κ2) is 8.73. The Labute approximate surface area is 189 Å². The minimum Gasteiger partial charge on any atom is -0.483 e. The second-order valence-electron chi connectivity index (χ2n) is 8.58. The molecular formula is C26H25FN2O4. The summed E-state index contributed by atoms with van der Waals surface area (Å²) < 4.78 is 25.0. The topological polar surface area (TPSA) is 84.3 Å². The van der Waals surface area contributed by atoms with Gasteiger partial charge in [-0.3, -0.25) is 4.79 Å². The van der Waals surface area contributed by atoms with E-state index >= 15 is 0 Å². The van der Waals surface area contributed by atoms with Crippen LogP contribution in [-0.4, -0.2) is 24.0 Å². The molecule has 7 heteroatoms. The lowest BCUT2D eigenvalue weighted by molar-refractivity contribution is -0.123. The lowest BCUT2D eigenvalue weighted by Crippen LogP contribution is -2.30.